The first-order valence-corrected chi connectivity index (χ1v) is 16.9. The second kappa shape index (κ2) is 12.6. The molecule has 3 aromatic carbocycles. The second-order valence-corrected chi connectivity index (χ2v) is 14.3. The Morgan fingerprint density at radius 1 is 0.870 bits per heavy atom. The van der Waals surface area contributed by atoms with Gasteiger partial charge >= 0.3 is 6.18 Å². The highest BCUT2D eigenvalue weighted by Gasteiger charge is 2.50. The standard InChI is InChI=1S/C38H44F3N3O2/c1-2-46-35-5-3-4-31(20-35)32-17-29(18-33(19-32)38(39,40)41)24-43-10-12-44(13-11-43)34-8-6-30(7-9-34)36(45)42-25-37-21-26-14-27(22-37)16-28(15-26)23-37/h3-9,17-20,26-28H,2,10-16,21-25H2,1H3,(H,42,45). The highest BCUT2D eigenvalue weighted by molar-refractivity contribution is 5.94. The van der Waals surface area contributed by atoms with Gasteiger partial charge in [0.05, 0.1) is 12.2 Å². The lowest BCUT2D eigenvalue weighted by molar-refractivity contribution is -0.137. The number of hydrogen-bond donors (Lipinski definition) is 1. The molecule has 1 amide bonds. The fourth-order valence-corrected chi connectivity index (χ4v) is 9.17. The zero-order valence-electron chi connectivity index (χ0n) is 26.6. The Hall–Kier alpha value is -3.52. The van der Waals surface area contributed by atoms with E-state index in [4.69, 9.17) is 4.74 Å². The lowest BCUT2D eigenvalue weighted by Gasteiger charge is -2.56. The van der Waals surface area contributed by atoms with E-state index in [1.54, 1.807) is 6.07 Å². The molecule has 5 nitrogen and oxygen atoms in total. The molecule has 4 saturated carbocycles. The van der Waals surface area contributed by atoms with Gasteiger partial charge in [0.15, 0.2) is 0 Å². The molecule has 0 unspecified atom stereocenters. The van der Waals surface area contributed by atoms with Crippen LogP contribution < -0.4 is 15.0 Å². The van der Waals surface area contributed by atoms with Crippen LogP contribution in [0.4, 0.5) is 18.9 Å². The van der Waals surface area contributed by atoms with Crippen LogP contribution in [0, 0.1) is 23.2 Å². The molecule has 5 aliphatic rings. The third-order valence-corrected chi connectivity index (χ3v) is 10.9. The molecular weight excluding hydrogens is 587 g/mol. The summed E-state index contributed by atoms with van der Waals surface area (Å²) in [5, 5.41) is 3.28. The lowest BCUT2D eigenvalue weighted by atomic mass is 9.49. The predicted molar refractivity (Wildman–Crippen MR) is 175 cm³/mol. The normalized spacial score (nSPS) is 25.9. The second-order valence-electron chi connectivity index (χ2n) is 14.3. The molecule has 1 N–H and O–H groups in total. The van der Waals surface area contributed by atoms with Crippen LogP contribution in [-0.4, -0.2) is 50.1 Å². The first-order chi connectivity index (χ1) is 22.1. The third-order valence-electron chi connectivity index (χ3n) is 10.9. The molecule has 1 heterocycles. The average Bonchev–Trinajstić information content (AvgIpc) is 3.03. The number of hydrogen-bond acceptors (Lipinski definition) is 4. The van der Waals surface area contributed by atoms with E-state index in [2.05, 4.69) is 15.1 Å². The van der Waals surface area contributed by atoms with Crippen molar-refractivity contribution in [3.05, 3.63) is 83.4 Å². The maximum Gasteiger partial charge on any atom is 0.416 e. The van der Waals surface area contributed by atoms with Gasteiger partial charge in [0.1, 0.15) is 5.75 Å². The molecule has 5 fully saturated rings. The molecule has 4 bridgehead atoms. The van der Waals surface area contributed by atoms with Crippen LogP contribution in [0.3, 0.4) is 0 Å². The number of ether oxygens (including phenoxy) is 1. The SMILES string of the molecule is CCOc1cccc(-c2cc(CN3CCN(c4ccc(C(=O)NCC56CC7CC(CC(C7)C5)C6)cc4)CC3)cc(C(F)(F)F)c2)c1. The summed E-state index contributed by atoms with van der Waals surface area (Å²) in [5.41, 5.74) is 3.31. The number of nitrogens with zero attached hydrogens (tertiary/aromatic N) is 2. The van der Waals surface area contributed by atoms with Gasteiger partial charge in [-0.15, -0.1) is 0 Å². The Balaban J connectivity index is 0.952. The molecule has 0 atom stereocenters. The Morgan fingerprint density at radius 3 is 2.17 bits per heavy atom. The van der Waals surface area contributed by atoms with Crippen molar-refractivity contribution < 1.29 is 22.7 Å². The number of carbonyl (C=O) groups excluding carboxylic acids is 1. The molecule has 4 aliphatic carbocycles. The van der Waals surface area contributed by atoms with E-state index in [1.807, 2.05) is 55.5 Å². The molecular formula is C38H44F3N3O2. The Kier molecular flexibility index (Phi) is 8.51. The van der Waals surface area contributed by atoms with E-state index in [-0.39, 0.29) is 5.91 Å². The maximum atomic E-state index is 13.9. The number of carbonyl (C=O) groups is 1. The van der Waals surface area contributed by atoms with Crippen LogP contribution >= 0.6 is 0 Å². The van der Waals surface area contributed by atoms with Crippen molar-refractivity contribution in [2.24, 2.45) is 23.2 Å². The summed E-state index contributed by atoms with van der Waals surface area (Å²) in [6.45, 7) is 6.61. The predicted octanol–water partition coefficient (Wildman–Crippen LogP) is 8.04. The monoisotopic (exact) mass is 631 g/mol. The molecule has 46 heavy (non-hydrogen) atoms. The van der Waals surface area contributed by atoms with Gasteiger partial charge in [-0.2, -0.15) is 13.2 Å². The van der Waals surface area contributed by atoms with Crippen LogP contribution in [0.15, 0.2) is 66.7 Å². The lowest BCUT2D eigenvalue weighted by Crippen LogP contribution is -2.51. The molecule has 1 aliphatic heterocycles. The van der Waals surface area contributed by atoms with Crippen molar-refractivity contribution >= 4 is 11.6 Å². The molecule has 8 heteroatoms. The number of alkyl halides is 3. The molecule has 8 rings (SSSR count). The van der Waals surface area contributed by atoms with Gasteiger partial charge in [0, 0.05) is 50.5 Å². The van der Waals surface area contributed by atoms with Crippen molar-refractivity contribution in [1.29, 1.82) is 0 Å². The zero-order valence-corrected chi connectivity index (χ0v) is 26.6. The summed E-state index contributed by atoms with van der Waals surface area (Å²) in [5.74, 6) is 3.26. The van der Waals surface area contributed by atoms with E-state index in [0.717, 1.165) is 56.2 Å². The van der Waals surface area contributed by atoms with Crippen LogP contribution in [0.5, 0.6) is 5.75 Å². The summed E-state index contributed by atoms with van der Waals surface area (Å²) in [4.78, 5) is 17.6. The Morgan fingerprint density at radius 2 is 1.54 bits per heavy atom. The van der Waals surface area contributed by atoms with Gasteiger partial charge in [-0.25, -0.2) is 0 Å². The summed E-state index contributed by atoms with van der Waals surface area (Å²) >= 11 is 0. The van der Waals surface area contributed by atoms with Gasteiger partial charge < -0.3 is 15.0 Å². The van der Waals surface area contributed by atoms with Crippen molar-refractivity contribution in [1.82, 2.24) is 10.2 Å². The first-order valence-electron chi connectivity index (χ1n) is 16.9. The number of amides is 1. The largest absolute Gasteiger partial charge is 0.494 e. The van der Waals surface area contributed by atoms with Crippen LogP contribution in [-0.2, 0) is 12.7 Å². The van der Waals surface area contributed by atoms with E-state index < -0.39 is 11.7 Å². The molecule has 244 valence electrons. The van der Waals surface area contributed by atoms with Crippen LogP contribution in [0.2, 0.25) is 0 Å². The highest BCUT2D eigenvalue weighted by atomic mass is 19.4. The molecule has 0 aromatic heterocycles. The molecule has 0 spiro atoms. The van der Waals surface area contributed by atoms with Gasteiger partial charge in [-0.3, -0.25) is 9.69 Å². The fraction of sp³-hybridized carbons (Fsp3) is 0.500. The summed E-state index contributed by atoms with van der Waals surface area (Å²) in [6.07, 6.45) is 3.61. The number of halogens is 3. The minimum absolute atomic E-state index is 0.0113. The summed E-state index contributed by atoms with van der Waals surface area (Å²) in [6, 6.07) is 19.5. The van der Waals surface area contributed by atoms with Crippen molar-refractivity contribution in [3.63, 3.8) is 0 Å². The molecule has 3 aromatic rings. The molecule has 1 saturated heterocycles. The highest BCUT2D eigenvalue weighted by Crippen LogP contribution is 2.59. The minimum Gasteiger partial charge on any atom is -0.494 e. The number of piperazine rings is 1. The Bertz CT molecular complexity index is 1510. The quantitative estimate of drug-likeness (QED) is 0.260. The van der Waals surface area contributed by atoms with E-state index in [0.29, 0.717) is 46.6 Å². The van der Waals surface area contributed by atoms with E-state index >= 15 is 0 Å². The van der Waals surface area contributed by atoms with Crippen molar-refractivity contribution in [2.45, 2.75) is 58.2 Å². The number of benzene rings is 3. The van der Waals surface area contributed by atoms with Crippen LogP contribution in [0.1, 0.15) is 66.9 Å². The van der Waals surface area contributed by atoms with Crippen LogP contribution in [0.25, 0.3) is 11.1 Å². The molecule has 0 radical (unpaired) electrons. The fourth-order valence-electron chi connectivity index (χ4n) is 9.17. The average molecular weight is 632 g/mol. The third kappa shape index (κ3) is 6.78. The van der Waals surface area contributed by atoms with Gasteiger partial charge in [0.25, 0.3) is 5.91 Å². The first kappa shape index (κ1) is 31.1. The topological polar surface area (TPSA) is 44.8 Å². The van der Waals surface area contributed by atoms with E-state index in [1.165, 1.54) is 50.7 Å². The number of anilines is 1. The summed E-state index contributed by atoms with van der Waals surface area (Å²) in [7, 11) is 0. The van der Waals surface area contributed by atoms with Crippen molar-refractivity contribution in [2.75, 3.05) is 44.2 Å². The smallest absolute Gasteiger partial charge is 0.416 e. The zero-order chi connectivity index (χ0) is 31.9. The minimum atomic E-state index is -4.43. The van der Waals surface area contributed by atoms with Crippen molar-refractivity contribution in [3.8, 4) is 16.9 Å². The Labute approximate surface area is 270 Å². The van der Waals surface area contributed by atoms with Gasteiger partial charge in [-0.05, 0) is 140 Å². The van der Waals surface area contributed by atoms with Gasteiger partial charge in [0.2, 0.25) is 0 Å². The number of nitrogens with one attached hydrogen (secondary N) is 1. The maximum absolute atomic E-state index is 13.9. The number of rotatable bonds is 9. The van der Waals surface area contributed by atoms with Gasteiger partial charge in [-0.1, -0.05) is 12.1 Å². The van der Waals surface area contributed by atoms with E-state index in [9.17, 15) is 18.0 Å². The summed E-state index contributed by atoms with van der Waals surface area (Å²) < 4.78 is 47.2.